The van der Waals surface area contributed by atoms with Crippen molar-refractivity contribution < 1.29 is 12.8 Å². The Labute approximate surface area is 117 Å². The molecule has 0 radical (unpaired) electrons. The molecule has 1 aliphatic heterocycles. The minimum atomic E-state index is -3.88. The Hall–Kier alpha value is -0.790. The normalized spacial score (nSPS) is 17.5. The third-order valence-corrected chi connectivity index (χ3v) is 5.73. The highest BCUT2D eigenvalue weighted by molar-refractivity contribution is 7.99. The Kier molecular flexibility index (Phi) is 4.70. The molecule has 19 heavy (non-hydrogen) atoms. The van der Waals surface area contributed by atoms with Gasteiger partial charge in [0.25, 0.3) is 0 Å². The number of benzene rings is 1. The molecule has 1 aliphatic rings. The molecular weight excluding hydrogens is 287 g/mol. The Balaban J connectivity index is 2.09. The summed E-state index contributed by atoms with van der Waals surface area (Å²) >= 11 is 1.88. The summed E-state index contributed by atoms with van der Waals surface area (Å²) in [6, 6.07) is 3.87. The van der Waals surface area contributed by atoms with Crippen molar-refractivity contribution in [1.82, 2.24) is 4.72 Å². The van der Waals surface area contributed by atoms with Crippen LogP contribution in [0.2, 0.25) is 0 Å². The number of nitrogen functional groups attached to an aromatic ring is 1. The summed E-state index contributed by atoms with van der Waals surface area (Å²) in [5.41, 5.74) is 5.49. The van der Waals surface area contributed by atoms with Crippen molar-refractivity contribution in [2.45, 2.75) is 17.7 Å². The van der Waals surface area contributed by atoms with Crippen molar-refractivity contribution in [3.05, 3.63) is 24.0 Å². The SMILES string of the molecule is Nc1cccc(F)c1S(=O)(=O)NCC1CCSCC1. The summed E-state index contributed by atoms with van der Waals surface area (Å²) < 4.78 is 40.2. The quantitative estimate of drug-likeness (QED) is 0.833. The zero-order valence-electron chi connectivity index (χ0n) is 10.4. The summed E-state index contributed by atoms with van der Waals surface area (Å²) in [5.74, 6) is 1.61. The monoisotopic (exact) mass is 304 g/mol. The number of halogens is 1. The van der Waals surface area contributed by atoms with Crippen LogP contribution in [0.25, 0.3) is 0 Å². The fourth-order valence-corrected chi connectivity index (χ4v) is 4.57. The van der Waals surface area contributed by atoms with E-state index in [0.717, 1.165) is 30.4 Å². The van der Waals surface area contributed by atoms with Gasteiger partial charge in [-0.15, -0.1) is 0 Å². The molecule has 1 aromatic carbocycles. The minimum Gasteiger partial charge on any atom is -0.398 e. The maximum atomic E-state index is 13.6. The summed E-state index contributed by atoms with van der Waals surface area (Å²) in [4.78, 5) is -0.444. The van der Waals surface area contributed by atoms with Gasteiger partial charge in [-0.1, -0.05) is 6.07 Å². The first-order valence-corrected chi connectivity index (χ1v) is 8.76. The standard InChI is InChI=1S/C12H17FN2O2S2/c13-10-2-1-3-11(14)12(10)19(16,17)15-8-9-4-6-18-7-5-9/h1-3,9,15H,4-8,14H2. The molecule has 0 aliphatic carbocycles. The summed E-state index contributed by atoms with van der Waals surface area (Å²) in [6.07, 6.45) is 1.97. The van der Waals surface area contributed by atoms with E-state index >= 15 is 0 Å². The molecule has 1 fully saturated rings. The van der Waals surface area contributed by atoms with E-state index in [9.17, 15) is 12.8 Å². The van der Waals surface area contributed by atoms with Crippen LogP contribution in [0.15, 0.2) is 23.1 Å². The second kappa shape index (κ2) is 6.11. The second-order valence-corrected chi connectivity index (χ2v) is 7.49. The fourth-order valence-electron chi connectivity index (χ4n) is 2.06. The number of hydrogen-bond donors (Lipinski definition) is 2. The average Bonchev–Trinajstić information content (AvgIpc) is 2.37. The fraction of sp³-hybridized carbons (Fsp3) is 0.500. The average molecular weight is 304 g/mol. The topological polar surface area (TPSA) is 72.2 Å². The van der Waals surface area contributed by atoms with Gasteiger partial charge in [0.2, 0.25) is 10.0 Å². The molecule has 1 heterocycles. The largest absolute Gasteiger partial charge is 0.398 e. The number of nitrogens with two attached hydrogens (primary N) is 1. The van der Waals surface area contributed by atoms with E-state index < -0.39 is 20.7 Å². The maximum Gasteiger partial charge on any atom is 0.245 e. The molecular formula is C12H17FN2O2S2. The van der Waals surface area contributed by atoms with Crippen LogP contribution in [0.3, 0.4) is 0 Å². The molecule has 3 N–H and O–H groups in total. The van der Waals surface area contributed by atoms with E-state index in [0.29, 0.717) is 12.5 Å². The molecule has 2 rings (SSSR count). The zero-order valence-corrected chi connectivity index (χ0v) is 12.1. The highest BCUT2D eigenvalue weighted by Gasteiger charge is 2.23. The number of hydrogen-bond acceptors (Lipinski definition) is 4. The molecule has 0 saturated carbocycles. The van der Waals surface area contributed by atoms with Crippen LogP contribution in [-0.4, -0.2) is 26.5 Å². The van der Waals surface area contributed by atoms with Crippen LogP contribution in [0, 0.1) is 11.7 Å². The van der Waals surface area contributed by atoms with E-state index in [1.165, 1.54) is 12.1 Å². The van der Waals surface area contributed by atoms with Gasteiger partial charge in [-0.2, -0.15) is 11.8 Å². The molecule has 106 valence electrons. The predicted molar refractivity (Wildman–Crippen MR) is 76.0 cm³/mol. The summed E-state index contributed by atoms with van der Waals surface area (Å²) in [5, 5.41) is 0. The summed E-state index contributed by atoms with van der Waals surface area (Å²) in [6.45, 7) is 0.344. The van der Waals surface area contributed by atoms with Crippen molar-refractivity contribution in [1.29, 1.82) is 0 Å². The Morgan fingerprint density at radius 1 is 1.37 bits per heavy atom. The van der Waals surface area contributed by atoms with Crippen LogP contribution in [0.4, 0.5) is 10.1 Å². The van der Waals surface area contributed by atoms with Gasteiger partial charge in [0, 0.05) is 6.54 Å². The number of rotatable bonds is 4. The van der Waals surface area contributed by atoms with E-state index in [1.807, 2.05) is 11.8 Å². The lowest BCUT2D eigenvalue weighted by Crippen LogP contribution is -2.32. The van der Waals surface area contributed by atoms with Crippen LogP contribution in [-0.2, 0) is 10.0 Å². The highest BCUT2D eigenvalue weighted by atomic mass is 32.2. The molecule has 7 heteroatoms. The van der Waals surface area contributed by atoms with Gasteiger partial charge in [0.05, 0.1) is 5.69 Å². The molecule has 0 amide bonds. The first-order chi connectivity index (χ1) is 9.00. The third-order valence-electron chi connectivity index (χ3n) is 3.17. The number of thioether (sulfide) groups is 1. The van der Waals surface area contributed by atoms with Crippen LogP contribution < -0.4 is 10.5 Å². The van der Waals surface area contributed by atoms with Gasteiger partial charge < -0.3 is 5.73 Å². The smallest absolute Gasteiger partial charge is 0.245 e. The minimum absolute atomic E-state index is 0.0632. The molecule has 4 nitrogen and oxygen atoms in total. The molecule has 1 aromatic rings. The van der Waals surface area contributed by atoms with Crippen molar-refractivity contribution in [2.24, 2.45) is 5.92 Å². The lowest BCUT2D eigenvalue weighted by Gasteiger charge is -2.21. The van der Waals surface area contributed by atoms with Gasteiger partial charge in [-0.3, -0.25) is 0 Å². The Bertz CT molecular complexity index is 522. The first-order valence-electron chi connectivity index (χ1n) is 6.12. The Morgan fingerprint density at radius 2 is 2.05 bits per heavy atom. The number of sulfonamides is 1. The van der Waals surface area contributed by atoms with Crippen LogP contribution >= 0.6 is 11.8 Å². The van der Waals surface area contributed by atoms with Crippen molar-refractivity contribution in [3.8, 4) is 0 Å². The molecule has 1 saturated heterocycles. The van der Waals surface area contributed by atoms with Crippen LogP contribution in [0.1, 0.15) is 12.8 Å². The van der Waals surface area contributed by atoms with Gasteiger partial charge in [-0.05, 0) is 42.4 Å². The van der Waals surface area contributed by atoms with Gasteiger partial charge in [-0.25, -0.2) is 17.5 Å². The van der Waals surface area contributed by atoms with Gasteiger partial charge in [0.1, 0.15) is 10.7 Å². The molecule has 0 spiro atoms. The Morgan fingerprint density at radius 3 is 2.68 bits per heavy atom. The van der Waals surface area contributed by atoms with Gasteiger partial charge >= 0.3 is 0 Å². The van der Waals surface area contributed by atoms with Crippen molar-refractivity contribution in [3.63, 3.8) is 0 Å². The molecule has 0 unspecified atom stereocenters. The summed E-state index contributed by atoms with van der Waals surface area (Å²) in [7, 11) is -3.88. The molecule has 0 atom stereocenters. The zero-order chi connectivity index (χ0) is 13.9. The van der Waals surface area contributed by atoms with Crippen LogP contribution in [0.5, 0.6) is 0 Å². The lowest BCUT2D eigenvalue weighted by atomic mass is 10.0. The van der Waals surface area contributed by atoms with Crippen molar-refractivity contribution in [2.75, 3.05) is 23.8 Å². The molecule has 0 aromatic heterocycles. The van der Waals surface area contributed by atoms with E-state index in [4.69, 9.17) is 5.73 Å². The van der Waals surface area contributed by atoms with Crippen molar-refractivity contribution >= 4 is 27.5 Å². The molecule has 0 bridgehead atoms. The van der Waals surface area contributed by atoms with E-state index in [2.05, 4.69) is 4.72 Å². The van der Waals surface area contributed by atoms with Gasteiger partial charge in [0.15, 0.2) is 0 Å². The van der Waals surface area contributed by atoms with E-state index in [-0.39, 0.29) is 5.69 Å². The first kappa shape index (κ1) is 14.6. The predicted octanol–water partition coefficient (Wildman–Crippen LogP) is 1.83. The number of nitrogens with one attached hydrogen (secondary N) is 1. The lowest BCUT2D eigenvalue weighted by molar-refractivity contribution is 0.475. The second-order valence-electron chi connectivity index (χ2n) is 4.57. The van der Waals surface area contributed by atoms with E-state index in [1.54, 1.807) is 0 Å². The maximum absolute atomic E-state index is 13.6. The number of anilines is 1. The third kappa shape index (κ3) is 3.61. The highest BCUT2D eigenvalue weighted by Crippen LogP contribution is 2.24.